The molecule has 0 fully saturated rings. The van der Waals surface area contributed by atoms with Crippen molar-refractivity contribution >= 4 is 27.3 Å². The molecule has 6 nitrogen and oxygen atoms in total. The molecule has 0 aliphatic rings. The molecule has 0 saturated heterocycles. The second-order valence-corrected chi connectivity index (χ2v) is 6.81. The molecule has 0 aliphatic heterocycles. The van der Waals surface area contributed by atoms with Gasteiger partial charge in [0.05, 0.1) is 23.6 Å². The van der Waals surface area contributed by atoms with E-state index in [0.717, 1.165) is 0 Å². The highest BCUT2D eigenvalue weighted by atomic mass is 32.2. The van der Waals surface area contributed by atoms with E-state index < -0.39 is 22.0 Å². The van der Waals surface area contributed by atoms with Crippen molar-refractivity contribution in [1.29, 1.82) is 0 Å². The number of rotatable bonds is 5. The average molecular weight is 326 g/mol. The highest BCUT2D eigenvalue weighted by molar-refractivity contribution is 7.89. The number of methoxy groups -OCH3 is 1. The van der Waals surface area contributed by atoms with Gasteiger partial charge in [-0.25, -0.2) is 22.9 Å². The highest BCUT2D eigenvalue weighted by Gasteiger charge is 2.25. The van der Waals surface area contributed by atoms with Crippen LogP contribution in [0, 0.1) is 0 Å². The molecule has 1 unspecified atom stereocenters. The minimum atomic E-state index is -3.86. The normalized spacial score (nSPS) is 12.9. The first-order valence-electron chi connectivity index (χ1n) is 6.05. The summed E-state index contributed by atoms with van der Waals surface area (Å²) in [5, 5.41) is 2.41. The van der Waals surface area contributed by atoms with Crippen LogP contribution in [0.25, 0.3) is 0 Å². The second-order valence-electron chi connectivity index (χ2n) is 4.20. The number of thiazole rings is 1. The number of ether oxygens (including phenoxy) is 1. The van der Waals surface area contributed by atoms with Crippen LogP contribution >= 0.6 is 11.3 Å². The lowest BCUT2D eigenvalue weighted by atomic mass is 10.2. The maximum absolute atomic E-state index is 12.4. The predicted molar refractivity (Wildman–Crippen MR) is 78.6 cm³/mol. The van der Waals surface area contributed by atoms with Crippen LogP contribution in [0.4, 0.5) is 0 Å². The summed E-state index contributed by atoms with van der Waals surface area (Å²) in [6, 6.07) is 5.42. The molecule has 0 spiro atoms. The predicted octanol–water partition coefficient (Wildman–Crippen LogP) is 1.97. The van der Waals surface area contributed by atoms with Gasteiger partial charge >= 0.3 is 5.97 Å². The van der Waals surface area contributed by atoms with Crippen LogP contribution in [0.5, 0.6) is 0 Å². The summed E-state index contributed by atoms with van der Waals surface area (Å²) in [6.45, 7) is 1.69. The fraction of sp³-hybridized carbons (Fsp3) is 0.231. The number of aromatic nitrogens is 1. The van der Waals surface area contributed by atoms with Gasteiger partial charge < -0.3 is 4.74 Å². The smallest absolute Gasteiger partial charge is 0.339 e. The van der Waals surface area contributed by atoms with Crippen LogP contribution in [-0.2, 0) is 14.8 Å². The van der Waals surface area contributed by atoms with E-state index in [-0.39, 0.29) is 10.5 Å². The average Bonchev–Trinajstić information content (AvgIpc) is 3.00. The maximum atomic E-state index is 12.4. The van der Waals surface area contributed by atoms with Gasteiger partial charge in [0.15, 0.2) is 0 Å². The first kappa shape index (κ1) is 15.6. The van der Waals surface area contributed by atoms with E-state index in [9.17, 15) is 13.2 Å². The Bertz CT molecular complexity index is 726. The number of hydrogen-bond donors (Lipinski definition) is 1. The molecule has 0 saturated carbocycles. The van der Waals surface area contributed by atoms with Gasteiger partial charge in [0.25, 0.3) is 0 Å². The molecule has 1 atom stereocenters. The molecular weight excluding hydrogens is 312 g/mol. The SMILES string of the molecule is COC(=O)c1ccccc1S(=O)(=O)NC(C)c1nccs1. The summed E-state index contributed by atoms with van der Waals surface area (Å²) in [4.78, 5) is 15.6. The van der Waals surface area contributed by atoms with Gasteiger partial charge in [0, 0.05) is 11.6 Å². The Hall–Kier alpha value is -1.77. The number of carbonyl (C=O) groups is 1. The fourth-order valence-corrected chi connectivity index (χ4v) is 3.90. The van der Waals surface area contributed by atoms with Gasteiger partial charge in [0.1, 0.15) is 5.01 Å². The topological polar surface area (TPSA) is 85.4 Å². The zero-order valence-electron chi connectivity index (χ0n) is 11.4. The van der Waals surface area contributed by atoms with Gasteiger partial charge in [-0.05, 0) is 19.1 Å². The molecule has 1 aromatic heterocycles. The molecular formula is C13H14N2O4S2. The van der Waals surface area contributed by atoms with Crippen molar-refractivity contribution in [3.63, 3.8) is 0 Å². The lowest BCUT2D eigenvalue weighted by Crippen LogP contribution is -2.28. The zero-order chi connectivity index (χ0) is 15.5. The molecule has 0 radical (unpaired) electrons. The standard InChI is InChI=1S/C13H14N2O4S2/c1-9(12-14-7-8-20-12)15-21(17,18)11-6-4-3-5-10(11)13(16)19-2/h3-9,15H,1-2H3. The van der Waals surface area contributed by atoms with Gasteiger partial charge in [-0.2, -0.15) is 0 Å². The fourth-order valence-electron chi connectivity index (χ4n) is 1.77. The van der Waals surface area contributed by atoms with Crippen molar-refractivity contribution in [3.8, 4) is 0 Å². The molecule has 1 aromatic carbocycles. The van der Waals surface area contributed by atoms with Crippen LogP contribution in [-0.4, -0.2) is 26.5 Å². The van der Waals surface area contributed by atoms with Gasteiger partial charge in [-0.15, -0.1) is 11.3 Å². The van der Waals surface area contributed by atoms with E-state index in [4.69, 9.17) is 0 Å². The van der Waals surface area contributed by atoms with E-state index in [2.05, 4.69) is 14.4 Å². The van der Waals surface area contributed by atoms with E-state index in [0.29, 0.717) is 5.01 Å². The molecule has 0 aliphatic carbocycles. The Morgan fingerprint density at radius 3 is 2.71 bits per heavy atom. The Morgan fingerprint density at radius 1 is 1.38 bits per heavy atom. The quantitative estimate of drug-likeness (QED) is 0.849. The van der Waals surface area contributed by atoms with Crippen molar-refractivity contribution in [3.05, 3.63) is 46.4 Å². The molecule has 1 N–H and O–H groups in total. The minimum Gasteiger partial charge on any atom is -0.465 e. The van der Waals surface area contributed by atoms with Crippen molar-refractivity contribution in [2.75, 3.05) is 7.11 Å². The van der Waals surface area contributed by atoms with Crippen molar-refractivity contribution in [2.45, 2.75) is 17.9 Å². The second kappa shape index (κ2) is 6.33. The largest absolute Gasteiger partial charge is 0.465 e. The molecule has 0 amide bonds. The summed E-state index contributed by atoms with van der Waals surface area (Å²) < 4.78 is 32.0. The maximum Gasteiger partial charge on any atom is 0.339 e. The summed E-state index contributed by atoms with van der Waals surface area (Å²) >= 11 is 1.35. The number of sulfonamides is 1. The third-order valence-electron chi connectivity index (χ3n) is 2.74. The number of nitrogens with one attached hydrogen (secondary N) is 1. The molecule has 112 valence electrons. The number of hydrogen-bond acceptors (Lipinski definition) is 6. The minimum absolute atomic E-state index is 0.00108. The summed E-state index contributed by atoms with van der Waals surface area (Å²) in [6.07, 6.45) is 1.60. The third-order valence-corrected chi connectivity index (χ3v) is 5.29. The molecule has 1 heterocycles. The van der Waals surface area contributed by atoms with Crippen molar-refractivity contribution < 1.29 is 17.9 Å². The van der Waals surface area contributed by atoms with Crippen LogP contribution in [0.2, 0.25) is 0 Å². The first-order valence-corrected chi connectivity index (χ1v) is 8.41. The number of esters is 1. The zero-order valence-corrected chi connectivity index (χ0v) is 13.1. The number of benzene rings is 1. The van der Waals surface area contributed by atoms with Crippen molar-refractivity contribution in [2.24, 2.45) is 0 Å². The highest BCUT2D eigenvalue weighted by Crippen LogP contribution is 2.21. The third kappa shape index (κ3) is 3.46. The molecule has 0 bridgehead atoms. The summed E-state index contributed by atoms with van der Waals surface area (Å²) in [5.41, 5.74) is -0.00108. The number of carbonyl (C=O) groups excluding carboxylic acids is 1. The Labute approximate surface area is 126 Å². The van der Waals surface area contributed by atoms with Crippen molar-refractivity contribution in [1.82, 2.24) is 9.71 Å². The molecule has 8 heteroatoms. The number of nitrogens with zero attached hydrogens (tertiary/aromatic N) is 1. The Kier molecular flexibility index (Phi) is 4.71. The van der Waals surface area contributed by atoms with Crippen LogP contribution in [0.1, 0.15) is 28.3 Å². The lowest BCUT2D eigenvalue weighted by Gasteiger charge is -2.14. The summed E-state index contributed by atoms with van der Waals surface area (Å²) in [5.74, 6) is -0.696. The van der Waals surface area contributed by atoms with E-state index in [1.807, 2.05) is 0 Å². The van der Waals surface area contributed by atoms with E-state index in [1.54, 1.807) is 30.6 Å². The van der Waals surface area contributed by atoms with E-state index >= 15 is 0 Å². The van der Waals surface area contributed by atoms with E-state index in [1.165, 1.54) is 30.6 Å². The molecule has 21 heavy (non-hydrogen) atoms. The molecule has 2 rings (SSSR count). The van der Waals surface area contributed by atoms with Crippen LogP contribution in [0.15, 0.2) is 40.7 Å². The van der Waals surface area contributed by atoms with Gasteiger partial charge in [-0.3, -0.25) is 0 Å². The monoisotopic (exact) mass is 326 g/mol. The first-order chi connectivity index (χ1) is 9.95. The van der Waals surface area contributed by atoms with Crippen LogP contribution < -0.4 is 4.72 Å². The Morgan fingerprint density at radius 2 is 2.10 bits per heavy atom. The lowest BCUT2D eigenvalue weighted by molar-refractivity contribution is 0.0596. The molecule has 2 aromatic rings. The Balaban J connectivity index is 2.34. The summed E-state index contributed by atoms with van der Waals surface area (Å²) in [7, 11) is -2.65. The van der Waals surface area contributed by atoms with Crippen LogP contribution in [0.3, 0.4) is 0 Å². The van der Waals surface area contributed by atoms with Gasteiger partial charge in [0.2, 0.25) is 10.0 Å². The van der Waals surface area contributed by atoms with Gasteiger partial charge in [-0.1, -0.05) is 12.1 Å².